The summed E-state index contributed by atoms with van der Waals surface area (Å²) in [5, 5.41) is 6.28. The molecule has 6 heteroatoms. The first kappa shape index (κ1) is 19.8. The third-order valence-corrected chi connectivity index (χ3v) is 2.89. The van der Waals surface area contributed by atoms with Gasteiger partial charge in [-0.25, -0.2) is 9.98 Å². The quantitative estimate of drug-likeness (QED) is 0.501. The van der Waals surface area contributed by atoms with E-state index in [2.05, 4.69) is 20.6 Å². The Kier molecular flexibility index (Phi) is 6.63. The minimum absolute atomic E-state index is 0.0868. The molecule has 24 heavy (non-hydrogen) atoms. The van der Waals surface area contributed by atoms with Crippen molar-refractivity contribution in [1.29, 1.82) is 0 Å². The molecule has 0 saturated carbocycles. The Morgan fingerprint density at radius 2 is 1.04 bits per heavy atom. The highest BCUT2D eigenvalue weighted by molar-refractivity contribution is 5.79. The van der Waals surface area contributed by atoms with Crippen molar-refractivity contribution in [2.75, 3.05) is 0 Å². The van der Waals surface area contributed by atoms with Crippen molar-refractivity contribution in [3.05, 3.63) is 35.4 Å². The van der Waals surface area contributed by atoms with Crippen LogP contribution in [0.4, 0.5) is 0 Å². The van der Waals surface area contributed by atoms with Gasteiger partial charge in [0, 0.05) is 11.1 Å². The second kappa shape index (κ2) is 8.04. The Balaban J connectivity index is 2.57. The van der Waals surface area contributed by atoms with E-state index in [0.29, 0.717) is 25.0 Å². The summed E-state index contributed by atoms with van der Waals surface area (Å²) in [5.74, 6) is 0.911. The molecule has 0 amide bonds. The molecule has 1 rings (SSSR count). The van der Waals surface area contributed by atoms with Gasteiger partial charge in [0.1, 0.15) is 0 Å². The maximum atomic E-state index is 5.87. The van der Waals surface area contributed by atoms with Gasteiger partial charge in [-0.15, -0.1) is 0 Å². The SMILES string of the molecule is CC(C)(C)NC(N)=NCc1ccc(CN=C(N)NC(C)(C)C)cc1. The average molecular weight is 332 g/mol. The average Bonchev–Trinajstić information content (AvgIpc) is 2.40. The van der Waals surface area contributed by atoms with Gasteiger partial charge < -0.3 is 22.1 Å². The van der Waals surface area contributed by atoms with Crippen LogP contribution in [-0.2, 0) is 13.1 Å². The van der Waals surface area contributed by atoms with Crippen molar-refractivity contribution in [3.8, 4) is 0 Å². The van der Waals surface area contributed by atoms with Crippen molar-refractivity contribution in [2.45, 2.75) is 65.7 Å². The number of guanidine groups is 2. The second-order valence-electron chi connectivity index (χ2n) is 7.97. The lowest BCUT2D eigenvalue weighted by molar-refractivity contribution is 0.507. The van der Waals surface area contributed by atoms with Crippen molar-refractivity contribution < 1.29 is 0 Å². The van der Waals surface area contributed by atoms with Gasteiger partial charge in [-0.1, -0.05) is 24.3 Å². The van der Waals surface area contributed by atoms with E-state index in [1.807, 2.05) is 65.8 Å². The first-order chi connectivity index (χ1) is 10.9. The predicted octanol–water partition coefficient (Wildman–Crippen LogP) is 2.09. The predicted molar refractivity (Wildman–Crippen MR) is 103 cm³/mol. The van der Waals surface area contributed by atoms with Crippen LogP contribution in [0, 0.1) is 0 Å². The lowest BCUT2D eigenvalue weighted by Crippen LogP contribution is -2.45. The summed E-state index contributed by atoms with van der Waals surface area (Å²) >= 11 is 0. The zero-order chi connectivity index (χ0) is 18.4. The highest BCUT2D eigenvalue weighted by Crippen LogP contribution is 2.07. The largest absolute Gasteiger partial charge is 0.370 e. The van der Waals surface area contributed by atoms with E-state index in [4.69, 9.17) is 11.5 Å². The van der Waals surface area contributed by atoms with Gasteiger partial charge in [-0.3, -0.25) is 0 Å². The van der Waals surface area contributed by atoms with Crippen LogP contribution in [0.25, 0.3) is 0 Å². The van der Waals surface area contributed by atoms with E-state index in [1.54, 1.807) is 0 Å². The number of hydrogen-bond acceptors (Lipinski definition) is 2. The lowest BCUT2D eigenvalue weighted by atomic mass is 10.1. The molecule has 0 spiro atoms. The second-order valence-corrected chi connectivity index (χ2v) is 7.97. The summed E-state index contributed by atoms with van der Waals surface area (Å²) in [6.07, 6.45) is 0. The third kappa shape index (κ3) is 9.02. The lowest BCUT2D eigenvalue weighted by Gasteiger charge is -2.21. The zero-order valence-electron chi connectivity index (χ0n) is 15.8. The van der Waals surface area contributed by atoms with E-state index < -0.39 is 0 Å². The Labute approximate surface area is 145 Å². The Hall–Kier alpha value is -2.24. The number of aliphatic imine (C=N–C) groups is 2. The number of nitrogens with two attached hydrogens (primary N) is 2. The number of nitrogens with zero attached hydrogens (tertiary/aromatic N) is 2. The summed E-state index contributed by atoms with van der Waals surface area (Å²) in [5.41, 5.74) is 13.8. The van der Waals surface area contributed by atoms with Crippen molar-refractivity contribution in [3.63, 3.8) is 0 Å². The van der Waals surface area contributed by atoms with Crippen LogP contribution in [0.5, 0.6) is 0 Å². The van der Waals surface area contributed by atoms with Gasteiger partial charge in [0.25, 0.3) is 0 Å². The number of rotatable bonds is 4. The molecule has 0 atom stereocenters. The van der Waals surface area contributed by atoms with E-state index in [9.17, 15) is 0 Å². The number of nitrogens with one attached hydrogen (secondary N) is 2. The fourth-order valence-electron chi connectivity index (χ4n) is 1.95. The van der Waals surface area contributed by atoms with Crippen LogP contribution >= 0.6 is 0 Å². The molecule has 0 heterocycles. The van der Waals surface area contributed by atoms with Crippen molar-refractivity contribution in [2.24, 2.45) is 21.5 Å². The van der Waals surface area contributed by atoms with Crippen LogP contribution < -0.4 is 22.1 Å². The molecule has 134 valence electrons. The molecule has 0 unspecified atom stereocenters. The Morgan fingerprint density at radius 3 is 1.29 bits per heavy atom. The Morgan fingerprint density at radius 1 is 0.750 bits per heavy atom. The molecule has 0 aliphatic carbocycles. The van der Waals surface area contributed by atoms with E-state index >= 15 is 0 Å². The maximum Gasteiger partial charge on any atom is 0.189 e. The highest BCUT2D eigenvalue weighted by Gasteiger charge is 2.10. The van der Waals surface area contributed by atoms with Gasteiger partial charge >= 0.3 is 0 Å². The first-order valence-electron chi connectivity index (χ1n) is 8.19. The van der Waals surface area contributed by atoms with E-state index in [-0.39, 0.29) is 11.1 Å². The molecule has 0 bridgehead atoms. The van der Waals surface area contributed by atoms with Gasteiger partial charge in [-0.2, -0.15) is 0 Å². The normalized spacial score (nSPS) is 13.8. The van der Waals surface area contributed by atoms with Crippen LogP contribution in [0.3, 0.4) is 0 Å². The molecule has 6 N–H and O–H groups in total. The molecular weight excluding hydrogens is 300 g/mol. The van der Waals surface area contributed by atoms with Crippen LogP contribution in [0.2, 0.25) is 0 Å². The van der Waals surface area contributed by atoms with Crippen molar-refractivity contribution in [1.82, 2.24) is 10.6 Å². The molecule has 1 aromatic rings. The molecular formula is C18H32N6. The maximum absolute atomic E-state index is 5.87. The fraction of sp³-hybridized carbons (Fsp3) is 0.556. The molecule has 0 fully saturated rings. The molecule has 1 aromatic carbocycles. The molecule has 0 aromatic heterocycles. The minimum atomic E-state index is -0.0868. The molecule has 0 radical (unpaired) electrons. The third-order valence-electron chi connectivity index (χ3n) is 2.89. The smallest absolute Gasteiger partial charge is 0.189 e. The van der Waals surface area contributed by atoms with Gasteiger partial charge in [0.2, 0.25) is 0 Å². The molecule has 6 nitrogen and oxygen atoms in total. The summed E-state index contributed by atoms with van der Waals surface area (Å²) < 4.78 is 0. The summed E-state index contributed by atoms with van der Waals surface area (Å²) in [4.78, 5) is 8.70. The zero-order valence-corrected chi connectivity index (χ0v) is 15.8. The summed E-state index contributed by atoms with van der Waals surface area (Å²) in [6.45, 7) is 13.4. The number of benzene rings is 1. The summed E-state index contributed by atoms with van der Waals surface area (Å²) in [7, 11) is 0. The minimum Gasteiger partial charge on any atom is -0.370 e. The van der Waals surface area contributed by atoms with Crippen LogP contribution in [-0.4, -0.2) is 23.0 Å². The first-order valence-corrected chi connectivity index (χ1v) is 8.19. The van der Waals surface area contributed by atoms with Gasteiger partial charge in [-0.05, 0) is 52.7 Å². The molecule has 0 saturated heterocycles. The van der Waals surface area contributed by atoms with Crippen LogP contribution in [0.1, 0.15) is 52.7 Å². The fourth-order valence-corrected chi connectivity index (χ4v) is 1.95. The van der Waals surface area contributed by atoms with Gasteiger partial charge in [0.15, 0.2) is 11.9 Å². The van der Waals surface area contributed by atoms with Gasteiger partial charge in [0.05, 0.1) is 13.1 Å². The van der Waals surface area contributed by atoms with Crippen molar-refractivity contribution >= 4 is 11.9 Å². The molecule has 0 aliphatic heterocycles. The molecule has 0 aliphatic rings. The van der Waals surface area contributed by atoms with Crippen LogP contribution in [0.15, 0.2) is 34.3 Å². The van der Waals surface area contributed by atoms with E-state index in [0.717, 1.165) is 11.1 Å². The Bertz CT molecular complexity index is 520. The standard InChI is InChI=1S/C18H32N6/c1-17(2,3)23-15(19)21-11-13-7-9-14(10-8-13)12-22-16(20)24-18(4,5)6/h7-10H,11-12H2,1-6H3,(H3,19,21,23)(H3,20,22,24). The topological polar surface area (TPSA) is 101 Å². The highest BCUT2D eigenvalue weighted by atomic mass is 15.1. The summed E-state index contributed by atoms with van der Waals surface area (Å²) in [6, 6.07) is 8.14. The number of hydrogen-bond donors (Lipinski definition) is 4. The van der Waals surface area contributed by atoms with E-state index in [1.165, 1.54) is 0 Å². The monoisotopic (exact) mass is 332 g/mol.